The van der Waals surface area contributed by atoms with E-state index in [2.05, 4.69) is 9.88 Å². The lowest BCUT2D eigenvalue weighted by Gasteiger charge is -2.33. The van der Waals surface area contributed by atoms with Crippen molar-refractivity contribution in [1.82, 2.24) is 4.98 Å². The molecule has 1 aliphatic rings. The number of rotatable bonds is 2. The molecule has 2 rings (SSSR count). The number of nitrogens with two attached hydrogens (primary N) is 1. The van der Waals surface area contributed by atoms with Crippen LogP contribution in [0.4, 0.5) is 11.4 Å². The van der Waals surface area contributed by atoms with Gasteiger partial charge in [0, 0.05) is 25.5 Å². The van der Waals surface area contributed by atoms with E-state index in [-0.39, 0.29) is 5.25 Å². The Morgan fingerprint density at radius 2 is 2.06 bits per heavy atom. The average molecular weight is 255 g/mol. The topological polar surface area (TPSA) is 76.3 Å². The second kappa shape index (κ2) is 4.52. The quantitative estimate of drug-likeness (QED) is 0.841. The maximum atomic E-state index is 11.4. The summed E-state index contributed by atoms with van der Waals surface area (Å²) in [5, 5.41) is -0.211. The normalized spacial score (nSPS) is 18.3. The van der Waals surface area contributed by atoms with E-state index in [9.17, 15) is 8.42 Å². The number of anilines is 2. The van der Waals surface area contributed by atoms with E-state index in [0.717, 1.165) is 5.69 Å². The molecule has 0 saturated carbocycles. The fraction of sp³-hybridized carbons (Fsp3) is 0.545. The van der Waals surface area contributed by atoms with Crippen LogP contribution in [0, 0.1) is 0 Å². The van der Waals surface area contributed by atoms with E-state index < -0.39 is 9.84 Å². The fourth-order valence-electron chi connectivity index (χ4n) is 2.19. The van der Waals surface area contributed by atoms with Crippen LogP contribution >= 0.6 is 0 Å². The van der Waals surface area contributed by atoms with Crippen molar-refractivity contribution in [3.63, 3.8) is 0 Å². The summed E-state index contributed by atoms with van der Waals surface area (Å²) in [7, 11) is -2.92. The first-order valence-electron chi connectivity index (χ1n) is 5.62. The third-order valence-electron chi connectivity index (χ3n) is 3.22. The van der Waals surface area contributed by atoms with Gasteiger partial charge in [-0.25, -0.2) is 8.42 Å². The van der Waals surface area contributed by atoms with Gasteiger partial charge >= 0.3 is 0 Å². The molecule has 1 aromatic heterocycles. The van der Waals surface area contributed by atoms with Crippen LogP contribution < -0.4 is 10.6 Å². The molecule has 0 atom stereocenters. The van der Waals surface area contributed by atoms with Crippen molar-refractivity contribution in [3.8, 4) is 0 Å². The zero-order chi connectivity index (χ0) is 12.5. The SMILES string of the molecule is CS(=O)(=O)C1CCN(c2cnccc2N)CC1. The molecule has 1 saturated heterocycles. The van der Waals surface area contributed by atoms with Gasteiger partial charge in [-0.1, -0.05) is 0 Å². The van der Waals surface area contributed by atoms with E-state index in [1.54, 1.807) is 18.5 Å². The molecule has 5 nitrogen and oxygen atoms in total. The van der Waals surface area contributed by atoms with Crippen LogP contribution in [0.15, 0.2) is 18.5 Å². The lowest BCUT2D eigenvalue weighted by molar-refractivity contribution is 0.534. The van der Waals surface area contributed by atoms with E-state index in [1.165, 1.54) is 6.26 Å². The van der Waals surface area contributed by atoms with Crippen LogP contribution in [-0.2, 0) is 9.84 Å². The van der Waals surface area contributed by atoms with Crippen molar-refractivity contribution in [1.29, 1.82) is 0 Å². The van der Waals surface area contributed by atoms with Crippen LogP contribution in [0.1, 0.15) is 12.8 Å². The Balaban J connectivity index is 2.08. The standard InChI is InChI=1S/C11H17N3O2S/c1-17(15,16)9-3-6-14(7-4-9)11-8-13-5-2-10(11)12/h2,5,8-9H,3-4,6-7H2,1H3,(H2,12,13). The first kappa shape index (κ1) is 12.2. The minimum absolute atomic E-state index is 0.211. The predicted octanol–water partition coefficient (Wildman–Crippen LogP) is 0.677. The van der Waals surface area contributed by atoms with Gasteiger partial charge in [0.2, 0.25) is 0 Å². The molecule has 2 heterocycles. The van der Waals surface area contributed by atoms with E-state index in [0.29, 0.717) is 31.6 Å². The van der Waals surface area contributed by atoms with Crippen LogP contribution in [0.3, 0.4) is 0 Å². The summed E-state index contributed by atoms with van der Waals surface area (Å²) in [5.41, 5.74) is 7.47. The maximum Gasteiger partial charge on any atom is 0.150 e. The molecule has 1 aromatic rings. The van der Waals surface area contributed by atoms with Gasteiger partial charge in [-0.05, 0) is 18.9 Å². The van der Waals surface area contributed by atoms with Crippen molar-refractivity contribution in [2.24, 2.45) is 0 Å². The zero-order valence-electron chi connectivity index (χ0n) is 9.83. The number of aromatic nitrogens is 1. The first-order chi connectivity index (χ1) is 7.98. The molecule has 0 aromatic carbocycles. The van der Waals surface area contributed by atoms with Crippen molar-refractivity contribution in [3.05, 3.63) is 18.5 Å². The van der Waals surface area contributed by atoms with Gasteiger partial charge in [-0.2, -0.15) is 0 Å². The van der Waals surface area contributed by atoms with E-state index in [4.69, 9.17) is 5.73 Å². The Hall–Kier alpha value is -1.30. The number of nitrogens with zero attached hydrogens (tertiary/aromatic N) is 2. The molecule has 94 valence electrons. The lowest BCUT2D eigenvalue weighted by atomic mass is 10.1. The lowest BCUT2D eigenvalue weighted by Crippen LogP contribution is -2.39. The molecule has 1 aliphatic heterocycles. The minimum Gasteiger partial charge on any atom is -0.397 e. The highest BCUT2D eigenvalue weighted by atomic mass is 32.2. The van der Waals surface area contributed by atoms with Gasteiger partial charge in [0.1, 0.15) is 9.84 Å². The third kappa shape index (κ3) is 2.69. The summed E-state index contributed by atoms with van der Waals surface area (Å²) >= 11 is 0. The Morgan fingerprint density at radius 3 is 2.59 bits per heavy atom. The molecule has 0 aliphatic carbocycles. The molecule has 1 fully saturated rings. The number of nitrogen functional groups attached to an aromatic ring is 1. The molecule has 0 radical (unpaired) electrons. The summed E-state index contributed by atoms with van der Waals surface area (Å²) in [6, 6.07) is 1.76. The Labute approximate surface area is 102 Å². The van der Waals surface area contributed by atoms with Crippen LogP contribution in [0.5, 0.6) is 0 Å². The third-order valence-corrected chi connectivity index (χ3v) is 4.90. The van der Waals surface area contributed by atoms with E-state index >= 15 is 0 Å². The summed E-state index contributed by atoms with van der Waals surface area (Å²) in [5.74, 6) is 0. The van der Waals surface area contributed by atoms with Crippen molar-refractivity contribution >= 4 is 21.2 Å². The minimum atomic E-state index is -2.92. The molecule has 2 N–H and O–H groups in total. The molecule has 0 spiro atoms. The maximum absolute atomic E-state index is 11.4. The molecular formula is C11H17N3O2S. The fourth-order valence-corrected chi connectivity index (χ4v) is 3.25. The van der Waals surface area contributed by atoms with Gasteiger partial charge in [0.15, 0.2) is 0 Å². The van der Waals surface area contributed by atoms with Gasteiger partial charge in [-0.15, -0.1) is 0 Å². The van der Waals surface area contributed by atoms with Gasteiger partial charge < -0.3 is 10.6 Å². The average Bonchev–Trinajstić information content (AvgIpc) is 2.29. The Kier molecular flexibility index (Phi) is 3.24. The van der Waals surface area contributed by atoms with E-state index in [1.807, 2.05) is 0 Å². The van der Waals surface area contributed by atoms with Crippen LogP contribution in [-0.4, -0.2) is 38.0 Å². The highest BCUT2D eigenvalue weighted by Crippen LogP contribution is 2.26. The summed E-state index contributed by atoms with van der Waals surface area (Å²) < 4.78 is 22.9. The van der Waals surface area contributed by atoms with Gasteiger partial charge in [0.05, 0.1) is 22.8 Å². The highest BCUT2D eigenvalue weighted by molar-refractivity contribution is 7.91. The molecule has 0 unspecified atom stereocenters. The Bertz CT molecular complexity index is 493. The molecular weight excluding hydrogens is 238 g/mol. The number of hydrogen-bond donors (Lipinski definition) is 1. The van der Waals surface area contributed by atoms with Gasteiger partial charge in [-0.3, -0.25) is 4.98 Å². The molecule has 17 heavy (non-hydrogen) atoms. The second-order valence-corrected chi connectivity index (χ2v) is 6.78. The zero-order valence-corrected chi connectivity index (χ0v) is 10.7. The van der Waals surface area contributed by atoms with Crippen LogP contribution in [0.2, 0.25) is 0 Å². The van der Waals surface area contributed by atoms with Crippen LogP contribution in [0.25, 0.3) is 0 Å². The first-order valence-corrected chi connectivity index (χ1v) is 7.57. The van der Waals surface area contributed by atoms with Gasteiger partial charge in [0.25, 0.3) is 0 Å². The molecule has 0 bridgehead atoms. The monoisotopic (exact) mass is 255 g/mol. The summed E-state index contributed by atoms with van der Waals surface area (Å²) in [6.07, 6.45) is 6.02. The number of hydrogen-bond acceptors (Lipinski definition) is 5. The molecule has 6 heteroatoms. The smallest absolute Gasteiger partial charge is 0.150 e. The highest BCUT2D eigenvalue weighted by Gasteiger charge is 2.27. The second-order valence-electron chi connectivity index (χ2n) is 4.45. The van der Waals surface area contributed by atoms with Crippen molar-refractivity contribution < 1.29 is 8.42 Å². The summed E-state index contributed by atoms with van der Waals surface area (Å²) in [4.78, 5) is 6.15. The predicted molar refractivity (Wildman–Crippen MR) is 68.7 cm³/mol. The Morgan fingerprint density at radius 1 is 1.41 bits per heavy atom. The molecule has 0 amide bonds. The van der Waals surface area contributed by atoms with Crippen molar-refractivity contribution in [2.45, 2.75) is 18.1 Å². The number of sulfone groups is 1. The number of pyridine rings is 1. The largest absolute Gasteiger partial charge is 0.397 e. The summed E-state index contributed by atoms with van der Waals surface area (Å²) in [6.45, 7) is 1.43. The number of piperidine rings is 1. The van der Waals surface area contributed by atoms with Crippen molar-refractivity contribution in [2.75, 3.05) is 30.0 Å².